The first-order valence-corrected chi connectivity index (χ1v) is 4.71. The molecule has 2 nitrogen and oxygen atoms in total. The van der Waals surface area contributed by atoms with Gasteiger partial charge in [-0.3, -0.25) is 0 Å². The lowest BCUT2D eigenvalue weighted by molar-refractivity contribution is 0.633. The lowest BCUT2D eigenvalue weighted by Crippen LogP contribution is -2.21. The summed E-state index contributed by atoms with van der Waals surface area (Å²) in [6, 6.07) is 0. The van der Waals surface area contributed by atoms with Crippen molar-refractivity contribution in [1.82, 2.24) is 4.98 Å². The zero-order chi connectivity index (χ0) is 5.54. The lowest BCUT2D eigenvalue weighted by atomic mass is 10.5. The predicted molar refractivity (Wildman–Crippen MR) is 37.9 cm³/mol. The van der Waals surface area contributed by atoms with Crippen LogP contribution in [0.4, 0.5) is 0 Å². The van der Waals surface area contributed by atoms with Gasteiger partial charge < -0.3 is 9.10 Å². The molecule has 0 saturated heterocycles. The molecule has 0 bridgehead atoms. The molecule has 0 aromatic heterocycles. The summed E-state index contributed by atoms with van der Waals surface area (Å²) in [7, 11) is 0.627. The quantitative estimate of drug-likeness (QED) is 0.366. The molecule has 44 valence electrons. The lowest BCUT2D eigenvalue weighted by Gasteiger charge is -1.96. The highest BCUT2D eigenvalue weighted by Gasteiger charge is 1.77. The molecule has 7 heavy (non-hydrogen) atoms. The molecule has 0 heterocycles. The van der Waals surface area contributed by atoms with E-state index in [0.717, 1.165) is 17.0 Å². The predicted octanol–water partition coefficient (Wildman–Crippen LogP) is -1.72. The highest BCUT2D eigenvalue weighted by Crippen LogP contribution is 1.65. The minimum absolute atomic E-state index is 0.278. The van der Waals surface area contributed by atoms with Gasteiger partial charge in [-0.25, -0.2) is 0 Å². The smallest absolute Gasteiger partial charge is 0.223 e. The van der Waals surface area contributed by atoms with Gasteiger partial charge in [0.25, 0.3) is 0 Å². The van der Waals surface area contributed by atoms with E-state index < -0.39 is 0 Å². The fourth-order valence-electron chi connectivity index (χ4n) is 0.351. The van der Waals surface area contributed by atoms with Crippen LogP contribution >= 0.6 is 0 Å². The largest absolute Gasteiger partial charge is 0.457 e. The first-order chi connectivity index (χ1) is 3.41. The molecule has 0 amide bonds. The molecule has 0 unspecified atom stereocenters. The molecule has 0 saturated carbocycles. The summed E-state index contributed by atoms with van der Waals surface area (Å²) in [4.78, 5) is 3.24. The Kier molecular flexibility index (Phi) is 6.67. The van der Waals surface area contributed by atoms with Crippen molar-refractivity contribution in [3.05, 3.63) is 0 Å². The van der Waals surface area contributed by atoms with Gasteiger partial charge in [-0.05, 0) is 13.0 Å². The van der Waals surface area contributed by atoms with Crippen LogP contribution in [0.3, 0.4) is 0 Å². The first-order valence-electron chi connectivity index (χ1n) is 2.61. The van der Waals surface area contributed by atoms with E-state index in [1.165, 1.54) is 6.42 Å². The Morgan fingerprint density at radius 3 is 3.00 bits per heavy atom. The van der Waals surface area contributed by atoms with Crippen LogP contribution in [0, 0.1) is 0 Å². The molecule has 1 N–H and O–H groups in total. The molecule has 0 aliphatic carbocycles. The van der Waals surface area contributed by atoms with E-state index in [9.17, 15) is 0 Å². The summed E-state index contributed by atoms with van der Waals surface area (Å²) in [6.45, 7) is 3.29. The van der Waals surface area contributed by atoms with Crippen molar-refractivity contribution < 1.29 is 4.12 Å². The molecular weight excluding hydrogens is 122 g/mol. The average Bonchev–Trinajstić information content (AvgIpc) is 1.69. The maximum Gasteiger partial charge on any atom is 0.223 e. The second-order valence-electron chi connectivity index (χ2n) is 1.43. The first kappa shape index (κ1) is 7.35. The Hall–Kier alpha value is 0.354. The average molecular weight is 135 g/mol. The maximum atomic E-state index is 5.01. The molecule has 0 aromatic rings. The van der Waals surface area contributed by atoms with Gasteiger partial charge in [-0.1, -0.05) is 6.92 Å². The fraction of sp³-hybridized carbons (Fsp3) is 1.00. The minimum atomic E-state index is -0.278. The van der Waals surface area contributed by atoms with Crippen LogP contribution in [0.2, 0.25) is 0 Å². The Bertz CT molecular complexity index is 32.1. The monoisotopic (exact) mass is 135 g/mol. The third-order valence-electron chi connectivity index (χ3n) is 0.673. The van der Waals surface area contributed by atoms with Crippen LogP contribution < -0.4 is 4.98 Å². The van der Waals surface area contributed by atoms with E-state index in [1.54, 1.807) is 0 Å². The third-order valence-corrected chi connectivity index (χ3v) is 2.39. The Labute approximate surface area is 50.2 Å². The van der Waals surface area contributed by atoms with Crippen molar-refractivity contribution in [3.8, 4) is 0 Å². The van der Waals surface area contributed by atoms with Crippen molar-refractivity contribution in [2.24, 2.45) is 0 Å². The molecule has 0 fully saturated rings. The highest BCUT2D eigenvalue weighted by atomic mass is 28.3. The molecular formula is C3H13NOSi2. The summed E-state index contributed by atoms with van der Waals surface area (Å²) in [5, 5.41) is 0. The number of nitrogens with one attached hydrogen (secondary N) is 1. The Morgan fingerprint density at radius 1 is 1.86 bits per heavy atom. The zero-order valence-electron chi connectivity index (χ0n) is 5.03. The van der Waals surface area contributed by atoms with Gasteiger partial charge in [0.1, 0.15) is 10.5 Å². The van der Waals surface area contributed by atoms with Crippen molar-refractivity contribution >= 4 is 20.4 Å². The summed E-state index contributed by atoms with van der Waals surface area (Å²) in [5.41, 5.74) is 0. The summed E-state index contributed by atoms with van der Waals surface area (Å²) >= 11 is 0. The summed E-state index contributed by atoms with van der Waals surface area (Å²) in [5.74, 6) is 0. The fourth-order valence-corrected chi connectivity index (χ4v) is 1.67. The third kappa shape index (κ3) is 6.35. The van der Waals surface area contributed by atoms with Crippen LogP contribution in [0.15, 0.2) is 0 Å². The van der Waals surface area contributed by atoms with Gasteiger partial charge in [-0.15, -0.1) is 0 Å². The van der Waals surface area contributed by atoms with Crippen LogP contribution in [-0.4, -0.2) is 27.0 Å². The van der Waals surface area contributed by atoms with E-state index >= 15 is 0 Å². The van der Waals surface area contributed by atoms with Crippen molar-refractivity contribution in [1.29, 1.82) is 0 Å². The molecule has 0 aliphatic heterocycles. The van der Waals surface area contributed by atoms with E-state index in [2.05, 4.69) is 11.9 Å². The molecule has 0 rings (SSSR count). The standard InChI is InChI=1S/C3H13NOSi2/c1-2-3-4-7-5-6/h4H,2-3,7H2,1,6H3. The van der Waals surface area contributed by atoms with Gasteiger partial charge in [-0.2, -0.15) is 0 Å². The molecule has 0 aliphatic rings. The van der Waals surface area contributed by atoms with E-state index in [-0.39, 0.29) is 9.92 Å². The van der Waals surface area contributed by atoms with Crippen molar-refractivity contribution in [2.45, 2.75) is 13.3 Å². The highest BCUT2D eigenvalue weighted by molar-refractivity contribution is 6.31. The van der Waals surface area contributed by atoms with Gasteiger partial charge in [0.05, 0.1) is 0 Å². The second kappa shape index (κ2) is 6.35. The molecule has 0 radical (unpaired) electrons. The van der Waals surface area contributed by atoms with Crippen LogP contribution in [0.1, 0.15) is 13.3 Å². The van der Waals surface area contributed by atoms with Crippen LogP contribution in [0.5, 0.6) is 0 Å². The van der Waals surface area contributed by atoms with Gasteiger partial charge in [0.15, 0.2) is 0 Å². The van der Waals surface area contributed by atoms with E-state index in [0.29, 0.717) is 0 Å². The topological polar surface area (TPSA) is 21.3 Å². The van der Waals surface area contributed by atoms with Gasteiger partial charge >= 0.3 is 0 Å². The van der Waals surface area contributed by atoms with E-state index in [1.807, 2.05) is 0 Å². The number of hydrogen-bond acceptors (Lipinski definition) is 2. The zero-order valence-corrected chi connectivity index (χ0v) is 8.44. The molecule has 0 aromatic carbocycles. The summed E-state index contributed by atoms with van der Waals surface area (Å²) in [6.07, 6.45) is 1.22. The van der Waals surface area contributed by atoms with Crippen LogP contribution in [0.25, 0.3) is 0 Å². The van der Waals surface area contributed by atoms with Crippen molar-refractivity contribution in [2.75, 3.05) is 6.54 Å². The Morgan fingerprint density at radius 2 is 2.57 bits per heavy atom. The van der Waals surface area contributed by atoms with Crippen LogP contribution in [-0.2, 0) is 4.12 Å². The molecule has 4 heteroatoms. The summed E-state index contributed by atoms with van der Waals surface area (Å²) < 4.78 is 5.01. The normalized spacial score (nSPS) is 11.6. The van der Waals surface area contributed by atoms with Crippen molar-refractivity contribution in [3.63, 3.8) is 0 Å². The SMILES string of the molecule is CCCN[SiH2]O[SiH3]. The maximum absolute atomic E-state index is 5.01. The minimum Gasteiger partial charge on any atom is -0.457 e. The number of hydrogen-bond donors (Lipinski definition) is 1. The second-order valence-corrected chi connectivity index (χ2v) is 4.53. The number of rotatable bonds is 4. The molecule has 0 spiro atoms. The Balaban J connectivity index is 2.45. The van der Waals surface area contributed by atoms with Gasteiger partial charge in [0, 0.05) is 0 Å². The van der Waals surface area contributed by atoms with Gasteiger partial charge in [0.2, 0.25) is 9.92 Å². The molecule has 0 atom stereocenters. The van der Waals surface area contributed by atoms with E-state index in [4.69, 9.17) is 4.12 Å².